The Labute approximate surface area is 115 Å². The first-order chi connectivity index (χ1) is 9.54. The summed E-state index contributed by atoms with van der Waals surface area (Å²) in [6.45, 7) is -0.486. The van der Waals surface area contributed by atoms with Crippen molar-refractivity contribution in [2.45, 2.75) is 24.5 Å². The number of hydrogen-bond donors (Lipinski definition) is 4. The molecule has 0 amide bonds. The first-order valence-electron chi connectivity index (χ1n) is 5.89. The van der Waals surface area contributed by atoms with E-state index in [9.17, 15) is 19.8 Å². The van der Waals surface area contributed by atoms with Crippen molar-refractivity contribution >= 4 is 21.6 Å². The number of hydrogen-bond acceptors (Lipinski definition) is 7. The lowest BCUT2D eigenvalue weighted by atomic mass is 10.1. The van der Waals surface area contributed by atoms with Crippen molar-refractivity contribution in [1.82, 2.24) is 9.55 Å². The Morgan fingerprint density at radius 1 is 1.35 bits per heavy atom. The van der Waals surface area contributed by atoms with Crippen LogP contribution < -0.4 is 11.2 Å². The molecule has 1 aliphatic heterocycles. The highest BCUT2D eigenvalue weighted by Crippen LogP contribution is 2.30. The van der Waals surface area contributed by atoms with Crippen LogP contribution in [0.2, 0.25) is 0 Å². The molecule has 4 atom stereocenters. The lowest BCUT2D eigenvalue weighted by Crippen LogP contribution is -2.38. The summed E-state index contributed by atoms with van der Waals surface area (Å²) in [5.41, 5.74) is -0.933. The Morgan fingerprint density at radius 3 is 2.75 bits per heavy atom. The lowest BCUT2D eigenvalue weighted by molar-refractivity contribution is -0.0527. The van der Waals surface area contributed by atoms with E-state index in [0.717, 1.165) is 15.9 Å². The van der Waals surface area contributed by atoms with Crippen molar-refractivity contribution in [3.8, 4) is 0 Å². The molecule has 2 aromatic heterocycles. The van der Waals surface area contributed by atoms with Crippen LogP contribution in [0.3, 0.4) is 0 Å². The average molecular weight is 300 g/mol. The van der Waals surface area contributed by atoms with Crippen molar-refractivity contribution in [2.24, 2.45) is 0 Å². The Hall–Kier alpha value is -1.52. The van der Waals surface area contributed by atoms with Gasteiger partial charge in [-0.15, -0.1) is 11.3 Å². The van der Waals surface area contributed by atoms with E-state index in [1.165, 1.54) is 0 Å². The third kappa shape index (κ3) is 1.83. The minimum atomic E-state index is -1.38. The third-order valence-electron chi connectivity index (χ3n) is 3.32. The predicted octanol–water partition coefficient (Wildman–Crippen LogP) is -1.64. The number of aliphatic hydroxyl groups is 3. The monoisotopic (exact) mass is 300 g/mol. The summed E-state index contributed by atoms with van der Waals surface area (Å²) >= 11 is 1.15. The number of nitrogens with zero attached hydrogens (tertiary/aromatic N) is 1. The maximum absolute atomic E-state index is 12.0. The summed E-state index contributed by atoms with van der Waals surface area (Å²) in [5, 5.41) is 30.4. The summed E-state index contributed by atoms with van der Waals surface area (Å²) < 4.78 is 6.72. The number of fused-ring (bicyclic) bond motifs is 1. The Morgan fingerprint density at radius 2 is 2.10 bits per heavy atom. The molecule has 0 radical (unpaired) electrons. The standard InChI is InChI=1S/C11H12N2O6S/c14-3-5-6(15)7(16)10(19-5)13-4-1-2-20-8(4)9(17)12-11(13)18/h1-2,5-7,10,14-16H,3H2,(H,12,17,18)/t5-,6-,7+,10-/m1/s1. The minimum absolute atomic E-state index is 0.318. The molecule has 8 nitrogen and oxygen atoms in total. The number of rotatable bonds is 2. The minimum Gasteiger partial charge on any atom is -0.394 e. The van der Waals surface area contributed by atoms with Gasteiger partial charge in [0.1, 0.15) is 23.0 Å². The molecule has 0 saturated carbocycles. The lowest BCUT2D eigenvalue weighted by Gasteiger charge is -2.18. The second kappa shape index (κ2) is 4.79. The van der Waals surface area contributed by atoms with Gasteiger partial charge in [-0.1, -0.05) is 0 Å². The molecule has 0 aromatic carbocycles. The highest BCUT2D eigenvalue weighted by molar-refractivity contribution is 7.17. The van der Waals surface area contributed by atoms with Gasteiger partial charge in [0.15, 0.2) is 6.23 Å². The summed E-state index contributed by atoms with van der Waals surface area (Å²) in [7, 11) is 0. The number of aliphatic hydroxyl groups excluding tert-OH is 3. The van der Waals surface area contributed by atoms with E-state index >= 15 is 0 Å². The maximum atomic E-state index is 12.0. The van der Waals surface area contributed by atoms with Crippen LogP contribution in [0.1, 0.15) is 6.23 Å². The van der Waals surface area contributed by atoms with Gasteiger partial charge in [0.25, 0.3) is 5.56 Å². The van der Waals surface area contributed by atoms with Crippen molar-refractivity contribution in [3.05, 3.63) is 32.3 Å². The van der Waals surface area contributed by atoms with E-state index in [1.807, 2.05) is 0 Å². The predicted molar refractivity (Wildman–Crippen MR) is 69.7 cm³/mol. The Kier molecular flexibility index (Phi) is 3.22. The first-order valence-corrected chi connectivity index (χ1v) is 6.77. The first kappa shape index (κ1) is 13.5. The molecule has 0 unspecified atom stereocenters. The van der Waals surface area contributed by atoms with Gasteiger partial charge in [0.2, 0.25) is 0 Å². The van der Waals surface area contributed by atoms with E-state index in [0.29, 0.717) is 10.2 Å². The van der Waals surface area contributed by atoms with E-state index in [4.69, 9.17) is 9.84 Å². The fourth-order valence-electron chi connectivity index (χ4n) is 2.33. The largest absolute Gasteiger partial charge is 0.394 e. The third-order valence-corrected chi connectivity index (χ3v) is 4.22. The van der Waals surface area contributed by atoms with Gasteiger partial charge in [-0.2, -0.15) is 0 Å². The van der Waals surface area contributed by atoms with Crippen molar-refractivity contribution < 1.29 is 20.1 Å². The van der Waals surface area contributed by atoms with E-state index in [2.05, 4.69) is 4.98 Å². The summed E-state index contributed by atoms with van der Waals surface area (Å²) in [6.07, 6.45) is -4.83. The van der Waals surface area contributed by atoms with E-state index in [1.54, 1.807) is 11.4 Å². The van der Waals surface area contributed by atoms with Crippen molar-refractivity contribution in [1.29, 1.82) is 0 Å². The quantitative estimate of drug-likeness (QED) is 0.527. The van der Waals surface area contributed by atoms with Crippen LogP contribution >= 0.6 is 11.3 Å². The molecule has 0 aliphatic carbocycles. The molecular weight excluding hydrogens is 288 g/mol. The van der Waals surface area contributed by atoms with Crippen LogP contribution in [0.4, 0.5) is 0 Å². The highest BCUT2D eigenvalue weighted by Gasteiger charge is 2.44. The second-order valence-electron chi connectivity index (χ2n) is 4.49. The molecule has 20 heavy (non-hydrogen) atoms. The average Bonchev–Trinajstić information content (AvgIpc) is 2.99. The molecule has 2 aromatic rings. The maximum Gasteiger partial charge on any atom is 0.331 e. The fraction of sp³-hybridized carbons (Fsp3) is 0.455. The van der Waals surface area contributed by atoms with Crippen LogP contribution in [0, 0.1) is 0 Å². The van der Waals surface area contributed by atoms with Gasteiger partial charge < -0.3 is 20.1 Å². The number of aromatic nitrogens is 2. The van der Waals surface area contributed by atoms with Gasteiger partial charge in [-0.3, -0.25) is 14.3 Å². The Bertz CT molecular complexity index is 749. The highest BCUT2D eigenvalue weighted by atomic mass is 32.1. The van der Waals surface area contributed by atoms with E-state index < -0.39 is 42.4 Å². The normalized spacial score (nSPS) is 30.1. The zero-order valence-corrected chi connectivity index (χ0v) is 10.9. The van der Waals surface area contributed by atoms with Gasteiger partial charge in [0.05, 0.1) is 12.1 Å². The van der Waals surface area contributed by atoms with E-state index in [-0.39, 0.29) is 0 Å². The zero-order valence-electron chi connectivity index (χ0n) is 10.1. The molecule has 3 rings (SSSR count). The molecule has 1 saturated heterocycles. The molecule has 108 valence electrons. The van der Waals surface area contributed by atoms with Crippen LogP contribution in [-0.2, 0) is 4.74 Å². The smallest absolute Gasteiger partial charge is 0.331 e. The molecule has 4 N–H and O–H groups in total. The molecule has 1 fully saturated rings. The fourth-order valence-corrected chi connectivity index (χ4v) is 3.11. The van der Waals surface area contributed by atoms with Crippen LogP contribution in [-0.4, -0.2) is 49.8 Å². The van der Waals surface area contributed by atoms with Crippen LogP contribution in [0.25, 0.3) is 10.2 Å². The molecule has 0 bridgehead atoms. The molecular formula is C11H12N2O6S. The van der Waals surface area contributed by atoms with Crippen molar-refractivity contribution in [3.63, 3.8) is 0 Å². The summed E-state index contributed by atoms with van der Waals surface area (Å²) in [6, 6.07) is 1.56. The number of thiophene rings is 1. The SMILES string of the molecule is O=c1[nH]c(=O)n([C@@H]2O[C@H](CO)[C@@H](O)[C@@H]2O)c2ccsc12. The number of H-pyrrole nitrogens is 1. The number of nitrogens with one attached hydrogen (secondary N) is 1. The van der Waals surface area contributed by atoms with Gasteiger partial charge in [-0.05, 0) is 11.4 Å². The zero-order chi connectivity index (χ0) is 14.4. The van der Waals surface area contributed by atoms with Gasteiger partial charge in [0, 0.05) is 0 Å². The number of aromatic amines is 1. The van der Waals surface area contributed by atoms with Crippen LogP contribution in [0.15, 0.2) is 21.0 Å². The molecule has 1 aliphatic rings. The molecule has 9 heteroatoms. The van der Waals surface area contributed by atoms with Gasteiger partial charge in [-0.25, -0.2) is 4.79 Å². The van der Waals surface area contributed by atoms with Crippen LogP contribution in [0.5, 0.6) is 0 Å². The summed E-state index contributed by atoms with van der Waals surface area (Å²) in [4.78, 5) is 25.7. The molecule has 3 heterocycles. The molecule has 0 spiro atoms. The number of ether oxygens (including phenoxy) is 1. The van der Waals surface area contributed by atoms with Gasteiger partial charge >= 0.3 is 5.69 Å². The summed E-state index contributed by atoms with van der Waals surface area (Å²) in [5.74, 6) is 0. The second-order valence-corrected chi connectivity index (χ2v) is 5.41. The topological polar surface area (TPSA) is 125 Å². The Balaban J connectivity index is 2.18. The van der Waals surface area contributed by atoms with Crippen molar-refractivity contribution in [2.75, 3.05) is 6.61 Å².